The molecule has 7 nitrogen and oxygen atoms in total. The highest BCUT2D eigenvalue weighted by atomic mass is 16.7. The lowest BCUT2D eigenvalue weighted by Crippen LogP contribution is -2.38. The van der Waals surface area contributed by atoms with E-state index in [4.69, 9.17) is 14.2 Å². The number of ether oxygens (including phenoxy) is 3. The normalized spacial score (nSPS) is 22.0. The molecule has 0 amide bonds. The molecule has 1 N–H and O–H groups in total. The van der Waals surface area contributed by atoms with E-state index in [9.17, 15) is 4.79 Å². The highest BCUT2D eigenvalue weighted by molar-refractivity contribution is 5.62. The molecular formula is C23H31N3O4. The molecule has 2 aromatic rings. The SMILES string of the molecule is O=c1c(-c2ccc(OC3CCCCO3)cc2)ccnn1CCCCC1CNCCO1. The van der Waals surface area contributed by atoms with Gasteiger partial charge in [0.2, 0.25) is 0 Å². The molecule has 7 heteroatoms. The molecule has 3 heterocycles. The smallest absolute Gasteiger partial charge is 0.274 e. The standard InChI is InChI=1S/C23H31N3O4/c27-23-21(18-7-9-19(10-8-18)30-22-6-2-4-15-29-22)11-12-25-26(23)14-3-1-5-20-17-24-13-16-28-20/h7-12,20,22,24H,1-6,13-17H2. The Hall–Kier alpha value is -2.22. The molecule has 2 aliphatic rings. The maximum atomic E-state index is 12.9. The minimum Gasteiger partial charge on any atom is -0.465 e. The third kappa shape index (κ3) is 5.68. The number of hydrogen-bond donors (Lipinski definition) is 1. The van der Waals surface area contributed by atoms with Gasteiger partial charge in [0.25, 0.3) is 5.56 Å². The van der Waals surface area contributed by atoms with Gasteiger partial charge in [0.15, 0.2) is 6.29 Å². The topological polar surface area (TPSA) is 74.6 Å². The van der Waals surface area contributed by atoms with Crippen molar-refractivity contribution in [1.82, 2.24) is 15.1 Å². The third-order valence-corrected chi connectivity index (χ3v) is 5.63. The van der Waals surface area contributed by atoms with Gasteiger partial charge >= 0.3 is 0 Å². The third-order valence-electron chi connectivity index (χ3n) is 5.63. The lowest BCUT2D eigenvalue weighted by molar-refractivity contribution is -0.105. The largest absolute Gasteiger partial charge is 0.465 e. The number of morpholine rings is 1. The monoisotopic (exact) mass is 413 g/mol. The summed E-state index contributed by atoms with van der Waals surface area (Å²) in [4.78, 5) is 12.9. The van der Waals surface area contributed by atoms with Gasteiger partial charge < -0.3 is 19.5 Å². The van der Waals surface area contributed by atoms with Crippen LogP contribution in [0.1, 0.15) is 38.5 Å². The van der Waals surface area contributed by atoms with E-state index in [1.54, 1.807) is 16.9 Å². The maximum Gasteiger partial charge on any atom is 0.274 e. The molecule has 162 valence electrons. The number of aryl methyl sites for hydroxylation is 1. The molecule has 2 aliphatic heterocycles. The number of nitrogens with zero attached hydrogens (tertiary/aromatic N) is 2. The Labute approximate surface area is 177 Å². The molecule has 0 aliphatic carbocycles. The number of aromatic nitrogens is 2. The number of rotatable bonds is 8. The first-order chi connectivity index (χ1) is 14.8. The van der Waals surface area contributed by atoms with Crippen LogP contribution in [0.3, 0.4) is 0 Å². The van der Waals surface area contributed by atoms with E-state index in [2.05, 4.69) is 10.4 Å². The van der Waals surface area contributed by atoms with Crippen LogP contribution in [-0.4, -0.2) is 48.5 Å². The molecular weight excluding hydrogens is 382 g/mol. The van der Waals surface area contributed by atoms with Crippen molar-refractivity contribution in [1.29, 1.82) is 0 Å². The van der Waals surface area contributed by atoms with Gasteiger partial charge in [-0.25, -0.2) is 4.68 Å². The summed E-state index contributed by atoms with van der Waals surface area (Å²) in [6, 6.07) is 9.42. The van der Waals surface area contributed by atoms with Gasteiger partial charge in [0.05, 0.1) is 24.9 Å². The molecule has 1 aromatic heterocycles. The van der Waals surface area contributed by atoms with Crippen LogP contribution in [-0.2, 0) is 16.0 Å². The van der Waals surface area contributed by atoms with Gasteiger partial charge in [0.1, 0.15) is 5.75 Å². The molecule has 0 spiro atoms. The average Bonchev–Trinajstić information content (AvgIpc) is 2.80. The van der Waals surface area contributed by atoms with Gasteiger partial charge in [0, 0.05) is 32.3 Å². The van der Waals surface area contributed by atoms with Crippen molar-refractivity contribution in [2.24, 2.45) is 0 Å². The predicted molar refractivity (Wildman–Crippen MR) is 115 cm³/mol. The van der Waals surface area contributed by atoms with Crippen LogP contribution in [0.2, 0.25) is 0 Å². The fourth-order valence-corrected chi connectivity index (χ4v) is 3.94. The van der Waals surface area contributed by atoms with Crippen LogP contribution >= 0.6 is 0 Å². The zero-order valence-corrected chi connectivity index (χ0v) is 17.4. The van der Waals surface area contributed by atoms with Crippen molar-refractivity contribution in [3.05, 3.63) is 46.9 Å². The predicted octanol–water partition coefficient (Wildman–Crippen LogP) is 2.97. The fraction of sp³-hybridized carbons (Fsp3) is 0.565. The summed E-state index contributed by atoms with van der Waals surface area (Å²) in [6.45, 7) is 4.01. The molecule has 2 unspecified atom stereocenters. The summed E-state index contributed by atoms with van der Waals surface area (Å²) in [5.41, 5.74) is 1.47. The van der Waals surface area contributed by atoms with E-state index in [1.807, 2.05) is 24.3 Å². The molecule has 0 saturated carbocycles. The van der Waals surface area contributed by atoms with Gasteiger partial charge in [-0.2, -0.15) is 5.10 Å². The lowest BCUT2D eigenvalue weighted by atomic mass is 10.1. The Kier molecular flexibility index (Phi) is 7.50. The zero-order chi connectivity index (χ0) is 20.6. The van der Waals surface area contributed by atoms with E-state index in [1.165, 1.54) is 0 Å². The molecule has 0 bridgehead atoms. The lowest BCUT2D eigenvalue weighted by Gasteiger charge is -2.23. The first-order valence-electron chi connectivity index (χ1n) is 11.1. The van der Waals surface area contributed by atoms with E-state index in [0.717, 1.165) is 76.1 Å². The van der Waals surface area contributed by atoms with E-state index in [0.29, 0.717) is 12.1 Å². The van der Waals surface area contributed by atoms with Crippen molar-refractivity contribution in [3.8, 4) is 16.9 Å². The minimum absolute atomic E-state index is 0.0580. The number of benzene rings is 1. The average molecular weight is 414 g/mol. The molecule has 30 heavy (non-hydrogen) atoms. The second kappa shape index (κ2) is 10.7. The Morgan fingerprint density at radius 2 is 2.00 bits per heavy atom. The van der Waals surface area contributed by atoms with Crippen molar-refractivity contribution >= 4 is 0 Å². The van der Waals surface area contributed by atoms with Gasteiger partial charge in [-0.05, 0) is 55.9 Å². The minimum atomic E-state index is -0.169. The van der Waals surface area contributed by atoms with Crippen LogP contribution in [0, 0.1) is 0 Å². The number of nitrogens with one attached hydrogen (secondary N) is 1. The first kappa shape index (κ1) is 21.0. The van der Waals surface area contributed by atoms with E-state index >= 15 is 0 Å². The maximum absolute atomic E-state index is 12.9. The van der Waals surface area contributed by atoms with Crippen molar-refractivity contribution in [3.63, 3.8) is 0 Å². The van der Waals surface area contributed by atoms with Gasteiger partial charge in [-0.1, -0.05) is 12.1 Å². The summed E-state index contributed by atoms with van der Waals surface area (Å²) in [6.07, 6.45) is 7.89. The van der Waals surface area contributed by atoms with Crippen molar-refractivity contribution < 1.29 is 14.2 Å². The Balaban J connectivity index is 1.33. The highest BCUT2D eigenvalue weighted by Gasteiger charge is 2.16. The van der Waals surface area contributed by atoms with Gasteiger partial charge in [-0.3, -0.25) is 4.79 Å². The number of unbranched alkanes of at least 4 members (excludes halogenated alkanes) is 1. The second-order valence-electron chi connectivity index (χ2n) is 7.90. The van der Waals surface area contributed by atoms with Gasteiger partial charge in [-0.15, -0.1) is 0 Å². The Morgan fingerprint density at radius 1 is 1.10 bits per heavy atom. The summed E-state index contributed by atoms with van der Waals surface area (Å²) >= 11 is 0. The van der Waals surface area contributed by atoms with Crippen LogP contribution in [0.15, 0.2) is 41.3 Å². The summed E-state index contributed by atoms with van der Waals surface area (Å²) in [5.74, 6) is 0.763. The molecule has 2 atom stereocenters. The zero-order valence-electron chi connectivity index (χ0n) is 17.4. The fourth-order valence-electron chi connectivity index (χ4n) is 3.94. The molecule has 1 aromatic carbocycles. The Morgan fingerprint density at radius 3 is 2.77 bits per heavy atom. The summed E-state index contributed by atoms with van der Waals surface area (Å²) < 4.78 is 18.8. The summed E-state index contributed by atoms with van der Waals surface area (Å²) in [7, 11) is 0. The highest BCUT2D eigenvalue weighted by Crippen LogP contribution is 2.23. The van der Waals surface area contributed by atoms with Crippen molar-refractivity contribution in [2.45, 2.75) is 57.5 Å². The van der Waals surface area contributed by atoms with E-state index in [-0.39, 0.29) is 18.0 Å². The summed E-state index contributed by atoms with van der Waals surface area (Å²) in [5, 5.41) is 7.61. The Bertz CT molecular complexity index is 840. The van der Waals surface area contributed by atoms with Crippen LogP contribution in [0.25, 0.3) is 11.1 Å². The van der Waals surface area contributed by atoms with Crippen LogP contribution in [0.5, 0.6) is 5.75 Å². The van der Waals surface area contributed by atoms with Crippen LogP contribution < -0.4 is 15.6 Å². The second-order valence-corrected chi connectivity index (χ2v) is 7.90. The molecule has 2 fully saturated rings. The molecule has 2 saturated heterocycles. The first-order valence-corrected chi connectivity index (χ1v) is 11.1. The van der Waals surface area contributed by atoms with Crippen molar-refractivity contribution in [2.75, 3.05) is 26.3 Å². The quantitative estimate of drug-likeness (QED) is 0.671. The molecule has 0 radical (unpaired) electrons. The van der Waals surface area contributed by atoms with Crippen LogP contribution in [0.4, 0.5) is 0 Å². The van der Waals surface area contributed by atoms with E-state index < -0.39 is 0 Å². The number of hydrogen-bond acceptors (Lipinski definition) is 6. The molecule has 4 rings (SSSR count).